The van der Waals surface area contributed by atoms with E-state index in [1.807, 2.05) is 6.07 Å². The molecule has 1 fully saturated rings. The molecular weight excluding hydrogens is 204 g/mol. The topological polar surface area (TPSA) is 75.0 Å². The fourth-order valence-corrected chi connectivity index (χ4v) is 2.32. The summed E-state index contributed by atoms with van der Waals surface area (Å²) in [5.74, 6) is -0.228. The lowest BCUT2D eigenvalue weighted by Crippen LogP contribution is -2.36. The van der Waals surface area contributed by atoms with Gasteiger partial charge in [-0.05, 0) is 25.5 Å². The maximum absolute atomic E-state index is 10.8. The normalized spacial score (nSPS) is 22.1. The Hall–Kier alpha value is -1.36. The third kappa shape index (κ3) is 2.61. The molecule has 5 nitrogen and oxygen atoms in total. The first kappa shape index (κ1) is 11.1. The number of hydrogen-bond acceptors (Lipinski definition) is 3. The Morgan fingerprint density at radius 3 is 3.19 bits per heavy atom. The zero-order chi connectivity index (χ0) is 11.4. The van der Waals surface area contributed by atoms with Crippen molar-refractivity contribution in [1.82, 2.24) is 15.1 Å². The number of H-pyrrole nitrogens is 1. The maximum atomic E-state index is 10.8. The highest BCUT2D eigenvalue weighted by atomic mass is 16.1. The molecule has 1 aromatic heterocycles. The Balaban J connectivity index is 2.00. The number of amides is 1. The highest BCUT2D eigenvalue weighted by Crippen LogP contribution is 2.29. The van der Waals surface area contributed by atoms with Crippen molar-refractivity contribution in [3.05, 3.63) is 18.0 Å². The summed E-state index contributed by atoms with van der Waals surface area (Å²) in [4.78, 5) is 13.1. The summed E-state index contributed by atoms with van der Waals surface area (Å²) in [6.45, 7) is 1.79. The Labute approximate surface area is 95.0 Å². The first-order valence-corrected chi connectivity index (χ1v) is 5.79. The van der Waals surface area contributed by atoms with Gasteiger partial charge in [-0.15, -0.1) is 0 Å². The summed E-state index contributed by atoms with van der Waals surface area (Å²) in [6, 6.07) is 2.38. The minimum Gasteiger partial charge on any atom is -0.370 e. The van der Waals surface area contributed by atoms with Crippen LogP contribution in [0.5, 0.6) is 0 Å². The van der Waals surface area contributed by atoms with Crippen LogP contribution < -0.4 is 5.73 Å². The number of aromatic amines is 1. The number of carbonyl (C=O) groups is 1. The Morgan fingerprint density at radius 1 is 1.62 bits per heavy atom. The van der Waals surface area contributed by atoms with Crippen LogP contribution in [0.15, 0.2) is 12.3 Å². The molecule has 88 valence electrons. The quantitative estimate of drug-likeness (QED) is 0.791. The van der Waals surface area contributed by atoms with Crippen LogP contribution in [0.1, 0.15) is 37.4 Å². The number of primary amides is 1. The molecular formula is C11H18N4O. The molecule has 0 aromatic carbocycles. The Bertz CT molecular complexity index is 336. The Kier molecular flexibility index (Phi) is 3.56. The molecule has 1 aliphatic heterocycles. The predicted molar refractivity (Wildman–Crippen MR) is 60.6 cm³/mol. The number of carbonyl (C=O) groups excluding carboxylic acids is 1. The van der Waals surface area contributed by atoms with E-state index in [-0.39, 0.29) is 5.91 Å². The van der Waals surface area contributed by atoms with Crippen molar-refractivity contribution in [3.63, 3.8) is 0 Å². The van der Waals surface area contributed by atoms with Crippen LogP contribution in [0.4, 0.5) is 0 Å². The third-order valence-electron chi connectivity index (χ3n) is 3.14. The van der Waals surface area contributed by atoms with Crippen molar-refractivity contribution in [2.45, 2.75) is 31.7 Å². The Morgan fingerprint density at radius 2 is 2.50 bits per heavy atom. The summed E-state index contributed by atoms with van der Waals surface area (Å²) in [7, 11) is 0. The summed E-state index contributed by atoms with van der Waals surface area (Å²) in [6.07, 6.45) is 5.77. The fraction of sp³-hybridized carbons (Fsp3) is 0.636. The summed E-state index contributed by atoms with van der Waals surface area (Å²) >= 11 is 0. The lowest BCUT2D eigenvalue weighted by molar-refractivity contribution is -0.118. The summed E-state index contributed by atoms with van der Waals surface area (Å²) in [5, 5.41) is 7.00. The van der Waals surface area contributed by atoms with E-state index in [1.165, 1.54) is 12.8 Å². The van der Waals surface area contributed by atoms with Crippen LogP contribution in [-0.2, 0) is 4.79 Å². The molecule has 0 radical (unpaired) electrons. The van der Waals surface area contributed by atoms with E-state index in [1.54, 1.807) is 6.20 Å². The van der Waals surface area contributed by atoms with Crippen LogP contribution in [0.2, 0.25) is 0 Å². The van der Waals surface area contributed by atoms with Crippen molar-refractivity contribution in [2.24, 2.45) is 5.73 Å². The smallest absolute Gasteiger partial charge is 0.218 e. The number of nitrogens with zero attached hydrogens (tertiary/aromatic N) is 2. The zero-order valence-corrected chi connectivity index (χ0v) is 9.35. The van der Waals surface area contributed by atoms with Crippen LogP contribution in [0.25, 0.3) is 0 Å². The molecule has 2 heterocycles. The van der Waals surface area contributed by atoms with E-state index >= 15 is 0 Å². The highest BCUT2D eigenvalue weighted by molar-refractivity contribution is 5.73. The van der Waals surface area contributed by atoms with E-state index in [0.717, 1.165) is 25.2 Å². The zero-order valence-electron chi connectivity index (χ0n) is 9.35. The maximum Gasteiger partial charge on any atom is 0.218 e. The fourth-order valence-electron chi connectivity index (χ4n) is 2.32. The first-order valence-electron chi connectivity index (χ1n) is 5.79. The molecule has 0 aliphatic carbocycles. The second-order valence-electron chi connectivity index (χ2n) is 4.28. The number of nitrogens with two attached hydrogens (primary N) is 1. The van der Waals surface area contributed by atoms with Gasteiger partial charge >= 0.3 is 0 Å². The second kappa shape index (κ2) is 5.12. The van der Waals surface area contributed by atoms with E-state index in [2.05, 4.69) is 15.1 Å². The number of likely N-dealkylation sites (tertiary alicyclic amines) is 1. The number of rotatable bonds is 4. The molecule has 1 unspecified atom stereocenters. The highest BCUT2D eigenvalue weighted by Gasteiger charge is 2.24. The van der Waals surface area contributed by atoms with Gasteiger partial charge in [0, 0.05) is 19.2 Å². The van der Waals surface area contributed by atoms with Gasteiger partial charge in [-0.2, -0.15) is 5.10 Å². The largest absolute Gasteiger partial charge is 0.370 e. The van der Waals surface area contributed by atoms with Gasteiger partial charge in [-0.1, -0.05) is 6.42 Å². The minimum absolute atomic E-state index is 0.228. The minimum atomic E-state index is -0.228. The third-order valence-corrected chi connectivity index (χ3v) is 3.14. The molecule has 0 saturated carbocycles. The van der Waals surface area contributed by atoms with Gasteiger partial charge in [0.25, 0.3) is 0 Å². The van der Waals surface area contributed by atoms with Crippen molar-refractivity contribution in [3.8, 4) is 0 Å². The van der Waals surface area contributed by atoms with Gasteiger partial charge in [0.2, 0.25) is 5.91 Å². The van der Waals surface area contributed by atoms with Gasteiger partial charge in [0.15, 0.2) is 0 Å². The molecule has 1 saturated heterocycles. The molecule has 1 aliphatic rings. The number of aromatic nitrogens is 2. The molecule has 2 rings (SSSR count). The van der Waals surface area contributed by atoms with E-state index in [4.69, 9.17) is 5.73 Å². The van der Waals surface area contributed by atoms with Crippen LogP contribution in [0, 0.1) is 0 Å². The van der Waals surface area contributed by atoms with Crippen molar-refractivity contribution < 1.29 is 4.79 Å². The van der Waals surface area contributed by atoms with Gasteiger partial charge < -0.3 is 5.73 Å². The lowest BCUT2D eigenvalue weighted by Gasteiger charge is -2.34. The monoisotopic (exact) mass is 222 g/mol. The van der Waals surface area contributed by atoms with Gasteiger partial charge in [-0.3, -0.25) is 14.8 Å². The molecule has 3 N–H and O–H groups in total. The van der Waals surface area contributed by atoms with E-state index < -0.39 is 0 Å². The van der Waals surface area contributed by atoms with Gasteiger partial charge in [0.1, 0.15) is 0 Å². The van der Waals surface area contributed by atoms with Crippen LogP contribution in [0.3, 0.4) is 0 Å². The standard InChI is InChI=1S/C11H18N4O/c12-11(16)5-8-15-7-2-1-3-10(15)9-4-6-13-14-9/h4,6,10H,1-3,5,7-8H2,(H2,12,16)(H,13,14). The molecule has 1 atom stereocenters. The predicted octanol–water partition coefficient (Wildman–Crippen LogP) is 0.812. The van der Waals surface area contributed by atoms with Crippen LogP contribution in [-0.4, -0.2) is 34.1 Å². The first-order chi connectivity index (χ1) is 7.77. The number of hydrogen-bond donors (Lipinski definition) is 2. The van der Waals surface area contributed by atoms with Crippen molar-refractivity contribution >= 4 is 5.91 Å². The van der Waals surface area contributed by atoms with E-state index in [0.29, 0.717) is 12.5 Å². The number of piperidine rings is 1. The van der Waals surface area contributed by atoms with Gasteiger partial charge in [-0.25, -0.2) is 0 Å². The van der Waals surface area contributed by atoms with E-state index in [9.17, 15) is 4.79 Å². The molecule has 0 bridgehead atoms. The van der Waals surface area contributed by atoms with Crippen LogP contribution >= 0.6 is 0 Å². The second-order valence-corrected chi connectivity index (χ2v) is 4.28. The number of nitrogens with one attached hydrogen (secondary N) is 1. The summed E-state index contributed by atoms with van der Waals surface area (Å²) in [5.41, 5.74) is 6.33. The van der Waals surface area contributed by atoms with Crippen molar-refractivity contribution in [2.75, 3.05) is 13.1 Å². The molecule has 16 heavy (non-hydrogen) atoms. The van der Waals surface area contributed by atoms with Gasteiger partial charge in [0.05, 0.1) is 11.7 Å². The molecule has 5 heteroatoms. The summed E-state index contributed by atoms with van der Waals surface area (Å²) < 4.78 is 0. The lowest BCUT2D eigenvalue weighted by atomic mass is 9.99. The average Bonchev–Trinajstić information content (AvgIpc) is 2.80. The molecule has 0 spiro atoms. The SMILES string of the molecule is NC(=O)CCN1CCCCC1c1ccn[nH]1. The van der Waals surface area contributed by atoms with Crippen molar-refractivity contribution in [1.29, 1.82) is 0 Å². The molecule has 1 amide bonds. The average molecular weight is 222 g/mol. The molecule has 1 aromatic rings.